The zero-order valence-corrected chi connectivity index (χ0v) is 14.1. The number of nitrogen functional groups attached to an aromatic ring is 1. The van der Waals surface area contributed by atoms with Gasteiger partial charge in [-0.05, 0) is 25.8 Å². The molecule has 26 heavy (non-hydrogen) atoms. The minimum Gasteiger partial charge on any atom is -0.383 e. The minimum absolute atomic E-state index is 0.102. The lowest BCUT2D eigenvalue weighted by Crippen LogP contribution is -1.98. The number of aromatic amines is 1. The van der Waals surface area contributed by atoms with E-state index in [9.17, 15) is 8.78 Å². The van der Waals surface area contributed by atoms with E-state index in [1.807, 2.05) is 6.92 Å². The van der Waals surface area contributed by atoms with Gasteiger partial charge >= 0.3 is 0 Å². The van der Waals surface area contributed by atoms with Crippen molar-refractivity contribution in [2.24, 2.45) is 0 Å². The summed E-state index contributed by atoms with van der Waals surface area (Å²) in [5.41, 5.74) is 6.93. The molecule has 4 rings (SSSR count). The Bertz CT molecular complexity index is 1230. The standard InChI is InChI=1S/C18H14F2N6/c1-3-26-9(2)23-17-14(26)8-11(19)10(16(17)20)4-5-12-15-13(25-24-12)6-7-22-18(15)21/h6-8H,3H2,1-2H3,(H2,21,22)(H,24,25). The number of halogens is 2. The van der Waals surface area contributed by atoms with Crippen molar-refractivity contribution in [2.45, 2.75) is 20.4 Å². The number of anilines is 1. The van der Waals surface area contributed by atoms with Gasteiger partial charge in [-0.3, -0.25) is 5.10 Å². The molecule has 3 aromatic heterocycles. The zero-order valence-electron chi connectivity index (χ0n) is 14.1. The highest BCUT2D eigenvalue weighted by Crippen LogP contribution is 2.25. The molecule has 3 heterocycles. The molecule has 0 fully saturated rings. The van der Waals surface area contributed by atoms with Crippen LogP contribution in [0.1, 0.15) is 24.0 Å². The summed E-state index contributed by atoms with van der Waals surface area (Å²) >= 11 is 0. The molecule has 0 atom stereocenters. The number of nitrogens with zero attached hydrogens (tertiary/aromatic N) is 4. The molecule has 3 N–H and O–H groups in total. The predicted molar refractivity (Wildman–Crippen MR) is 94.3 cm³/mol. The number of imidazole rings is 1. The number of aryl methyl sites for hydroxylation is 2. The first-order valence-corrected chi connectivity index (χ1v) is 7.96. The Kier molecular flexibility index (Phi) is 3.58. The number of H-pyrrole nitrogens is 1. The number of rotatable bonds is 1. The molecule has 0 bridgehead atoms. The van der Waals surface area contributed by atoms with Gasteiger partial charge in [-0.15, -0.1) is 0 Å². The molecular weight excluding hydrogens is 338 g/mol. The summed E-state index contributed by atoms with van der Waals surface area (Å²) in [4.78, 5) is 8.18. The smallest absolute Gasteiger partial charge is 0.169 e. The van der Waals surface area contributed by atoms with Crippen LogP contribution in [0.3, 0.4) is 0 Å². The monoisotopic (exact) mass is 352 g/mol. The van der Waals surface area contributed by atoms with Crippen molar-refractivity contribution >= 4 is 27.8 Å². The summed E-state index contributed by atoms with van der Waals surface area (Å²) in [7, 11) is 0. The van der Waals surface area contributed by atoms with Crippen molar-refractivity contribution in [1.82, 2.24) is 24.7 Å². The van der Waals surface area contributed by atoms with E-state index in [1.54, 1.807) is 17.6 Å². The Labute approximate surface area is 147 Å². The van der Waals surface area contributed by atoms with Gasteiger partial charge in [-0.2, -0.15) is 5.10 Å². The third kappa shape index (κ3) is 2.29. The van der Waals surface area contributed by atoms with Crippen LogP contribution in [0.2, 0.25) is 0 Å². The Balaban J connectivity index is 1.90. The number of benzene rings is 1. The number of nitrogens with two attached hydrogens (primary N) is 1. The molecule has 0 aliphatic carbocycles. The van der Waals surface area contributed by atoms with Crippen LogP contribution in [0.5, 0.6) is 0 Å². The van der Waals surface area contributed by atoms with E-state index in [4.69, 9.17) is 5.73 Å². The van der Waals surface area contributed by atoms with Gasteiger partial charge in [0.15, 0.2) is 5.82 Å². The number of pyridine rings is 1. The Morgan fingerprint density at radius 3 is 2.88 bits per heavy atom. The molecule has 0 amide bonds. The molecule has 0 aliphatic heterocycles. The average Bonchev–Trinajstić information content (AvgIpc) is 3.16. The second-order valence-corrected chi connectivity index (χ2v) is 5.76. The van der Waals surface area contributed by atoms with E-state index in [0.29, 0.717) is 34.5 Å². The highest BCUT2D eigenvalue weighted by Gasteiger charge is 2.18. The van der Waals surface area contributed by atoms with Crippen LogP contribution in [0.15, 0.2) is 18.3 Å². The van der Waals surface area contributed by atoms with Crippen LogP contribution in [-0.2, 0) is 6.54 Å². The third-order valence-electron chi connectivity index (χ3n) is 4.25. The van der Waals surface area contributed by atoms with Crippen molar-refractivity contribution in [3.05, 3.63) is 47.0 Å². The molecule has 0 radical (unpaired) electrons. The quantitative estimate of drug-likeness (QED) is 0.516. The van der Waals surface area contributed by atoms with E-state index >= 15 is 0 Å². The second-order valence-electron chi connectivity index (χ2n) is 5.76. The fourth-order valence-electron chi connectivity index (χ4n) is 3.02. The topological polar surface area (TPSA) is 85.4 Å². The molecule has 0 unspecified atom stereocenters. The van der Waals surface area contributed by atoms with Gasteiger partial charge in [-0.1, -0.05) is 5.92 Å². The number of hydrogen-bond acceptors (Lipinski definition) is 4. The zero-order chi connectivity index (χ0) is 18.4. The fraction of sp³-hybridized carbons (Fsp3) is 0.167. The normalized spacial score (nSPS) is 11.1. The predicted octanol–water partition coefficient (Wildman–Crippen LogP) is 2.90. The second kappa shape index (κ2) is 5.81. The van der Waals surface area contributed by atoms with Crippen molar-refractivity contribution in [2.75, 3.05) is 5.73 Å². The van der Waals surface area contributed by atoms with E-state index in [0.717, 1.165) is 0 Å². The Hall–Kier alpha value is -3.47. The summed E-state index contributed by atoms with van der Waals surface area (Å²) in [5.74, 6) is 4.58. The van der Waals surface area contributed by atoms with Gasteiger partial charge in [0.05, 0.1) is 22.0 Å². The largest absolute Gasteiger partial charge is 0.383 e. The van der Waals surface area contributed by atoms with E-state index < -0.39 is 11.6 Å². The first kappa shape index (κ1) is 16.0. The maximum atomic E-state index is 14.8. The number of aromatic nitrogens is 5. The molecule has 0 spiro atoms. The van der Waals surface area contributed by atoms with Gasteiger partial charge in [0, 0.05) is 18.8 Å². The number of nitrogens with one attached hydrogen (secondary N) is 1. The van der Waals surface area contributed by atoms with Crippen molar-refractivity contribution < 1.29 is 8.78 Å². The van der Waals surface area contributed by atoms with Gasteiger partial charge in [0.1, 0.15) is 28.7 Å². The average molecular weight is 352 g/mol. The van der Waals surface area contributed by atoms with Gasteiger partial charge in [0.25, 0.3) is 0 Å². The SMILES string of the molecule is CCn1c(C)nc2c(F)c(C#Cc3[nH]nc4ccnc(N)c34)c(F)cc21. The van der Waals surface area contributed by atoms with Crippen LogP contribution in [0.4, 0.5) is 14.6 Å². The van der Waals surface area contributed by atoms with E-state index in [2.05, 4.69) is 32.0 Å². The molecule has 1 aromatic carbocycles. The lowest BCUT2D eigenvalue weighted by atomic mass is 10.1. The summed E-state index contributed by atoms with van der Waals surface area (Å²) in [5, 5.41) is 7.30. The number of hydrogen-bond donors (Lipinski definition) is 2. The molecule has 8 heteroatoms. The highest BCUT2D eigenvalue weighted by atomic mass is 19.1. The van der Waals surface area contributed by atoms with E-state index in [1.165, 1.54) is 12.3 Å². The van der Waals surface area contributed by atoms with Gasteiger partial charge in [-0.25, -0.2) is 18.7 Å². The summed E-state index contributed by atoms with van der Waals surface area (Å²) in [6, 6.07) is 2.92. The molecule has 0 saturated heterocycles. The van der Waals surface area contributed by atoms with Crippen molar-refractivity contribution in [3.8, 4) is 11.8 Å². The lowest BCUT2D eigenvalue weighted by molar-refractivity contribution is 0.584. The van der Waals surface area contributed by atoms with Crippen molar-refractivity contribution in [1.29, 1.82) is 0 Å². The molecule has 6 nitrogen and oxygen atoms in total. The first-order valence-electron chi connectivity index (χ1n) is 7.96. The maximum absolute atomic E-state index is 14.8. The minimum atomic E-state index is -0.780. The van der Waals surface area contributed by atoms with E-state index in [-0.39, 0.29) is 16.9 Å². The molecule has 0 saturated carbocycles. The summed E-state index contributed by atoms with van der Waals surface area (Å²) in [6.07, 6.45) is 1.52. The third-order valence-corrected chi connectivity index (χ3v) is 4.25. The molecule has 0 aliphatic rings. The van der Waals surface area contributed by atoms with Gasteiger partial charge < -0.3 is 10.3 Å². The van der Waals surface area contributed by atoms with Crippen LogP contribution in [-0.4, -0.2) is 24.7 Å². The number of fused-ring (bicyclic) bond motifs is 2. The fourth-order valence-corrected chi connectivity index (χ4v) is 3.02. The van der Waals surface area contributed by atoms with Crippen LogP contribution < -0.4 is 5.73 Å². The maximum Gasteiger partial charge on any atom is 0.169 e. The molecular formula is C18H14F2N6. The van der Waals surface area contributed by atoms with Gasteiger partial charge in [0.2, 0.25) is 0 Å². The van der Waals surface area contributed by atoms with Crippen molar-refractivity contribution in [3.63, 3.8) is 0 Å². The van der Waals surface area contributed by atoms with Crippen LogP contribution >= 0.6 is 0 Å². The Morgan fingerprint density at radius 1 is 1.31 bits per heavy atom. The summed E-state index contributed by atoms with van der Waals surface area (Å²) in [6.45, 7) is 4.21. The van der Waals surface area contributed by atoms with Crippen LogP contribution in [0.25, 0.3) is 21.9 Å². The lowest BCUT2D eigenvalue weighted by Gasteiger charge is -2.03. The highest BCUT2D eigenvalue weighted by molar-refractivity contribution is 5.92. The van der Waals surface area contributed by atoms with Crippen LogP contribution in [0, 0.1) is 30.4 Å². The first-order chi connectivity index (χ1) is 12.5. The molecule has 130 valence electrons. The Morgan fingerprint density at radius 2 is 2.12 bits per heavy atom. The summed E-state index contributed by atoms with van der Waals surface area (Å²) < 4.78 is 31.0. The molecule has 4 aromatic rings.